The van der Waals surface area contributed by atoms with Crippen LogP contribution in [0.15, 0.2) is 21.9 Å². The van der Waals surface area contributed by atoms with Crippen LogP contribution in [0.5, 0.6) is 11.5 Å². The van der Waals surface area contributed by atoms with Gasteiger partial charge >= 0.3 is 0 Å². The summed E-state index contributed by atoms with van der Waals surface area (Å²) in [4.78, 5) is 3.76. The number of ether oxygens (including phenoxy) is 2. The number of nitrogens with zero attached hydrogens (tertiary/aromatic N) is 4. The van der Waals surface area contributed by atoms with E-state index in [4.69, 9.17) is 9.47 Å². The molecule has 3 rings (SSSR count). The van der Waals surface area contributed by atoms with Gasteiger partial charge in [-0.25, -0.2) is 16.8 Å². The Balaban J connectivity index is 2.07. The largest absolute Gasteiger partial charge is 0.495 e. The highest BCUT2D eigenvalue weighted by Crippen LogP contribution is 2.37. The third kappa shape index (κ3) is 4.43. The van der Waals surface area contributed by atoms with Crippen LogP contribution in [0.1, 0.15) is 0 Å². The lowest BCUT2D eigenvalue weighted by Gasteiger charge is -2.33. The molecular formula is C18H30N4O6S2. The van der Waals surface area contributed by atoms with Crippen molar-refractivity contribution in [2.24, 2.45) is 0 Å². The fourth-order valence-electron chi connectivity index (χ4n) is 3.58. The van der Waals surface area contributed by atoms with E-state index in [1.165, 1.54) is 35.0 Å². The Labute approximate surface area is 179 Å². The molecule has 0 radical (unpaired) electrons. The first-order valence-electron chi connectivity index (χ1n) is 9.74. The zero-order valence-corrected chi connectivity index (χ0v) is 19.5. The van der Waals surface area contributed by atoms with E-state index in [0.717, 1.165) is 0 Å². The summed E-state index contributed by atoms with van der Waals surface area (Å²) in [5.41, 5.74) is 0. The maximum atomic E-state index is 13.3. The second-order valence-electron chi connectivity index (χ2n) is 7.57. The SMILES string of the molecule is COc1cc(OC)c(S(=O)(=O)N2CCN(C)CC2)cc1S(=O)(=O)N1CCN(C)CC1. The zero-order valence-electron chi connectivity index (χ0n) is 17.9. The molecule has 0 atom stereocenters. The molecule has 0 N–H and O–H groups in total. The molecule has 2 saturated heterocycles. The minimum absolute atomic E-state index is 0.0584. The molecule has 12 heteroatoms. The van der Waals surface area contributed by atoms with Gasteiger partial charge in [0.15, 0.2) is 0 Å². The summed E-state index contributed by atoms with van der Waals surface area (Å²) >= 11 is 0. The first-order chi connectivity index (χ1) is 14.1. The lowest BCUT2D eigenvalue weighted by atomic mass is 10.3. The van der Waals surface area contributed by atoms with Crippen LogP contribution in [0.3, 0.4) is 0 Å². The van der Waals surface area contributed by atoms with Gasteiger partial charge in [-0.2, -0.15) is 8.61 Å². The van der Waals surface area contributed by atoms with Crippen LogP contribution in [0.4, 0.5) is 0 Å². The van der Waals surface area contributed by atoms with Gasteiger partial charge in [0.1, 0.15) is 21.3 Å². The van der Waals surface area contributed by atoms with E-state index in [1.807, 2.05) is 23.9 Å². The molecule has 0 saturated carbocycles. The Bertz CT molecular complexity index is 891. The Morgan fingerprint density at radius 1 is 0.633 bits per heavy atom. The van der Waals surface area contributed by atoms with Crippen molar-refractivity contribution in [1.29, 1.82) is 0 Å². The first kappa shape index (κ1) is 23.2. The van der Waals surface area contributed by atoms with Crippen molar-refractivity contribution in [3.05, 3.63) is 12.1 Å². The van der Waals surface area contributed by atoms with Crippen molar-refractivity contribution in [2.75, 3.05) is 80.7 Å². The van der Waals surface area contributed by atoms with Crippen LogP contribution in [0, 0.1) is 0 Å². The summed E-state index contributed by atoms with van der Waals surface area (Å²) in [5.74, 6) is 0.117. The van der Waals surface area contributed by atoms with Gasteiger partial charge in [-0.1, -0.05) is 0 Å². The number of benzene rings is 1. The van der Waals surface area contributed by atoms with E-state index in [-0.39, 0.29) is 21.3 Å². The molecule has 2 heterocycles. The van der Waals surface area contributed by atoms with Crippen molar-refractivity contribution in [3.8, 4) is 11.5 Å². The van der Waals surface area contributed by atoms with E-state index in [2.05, 4.69) is 0 Å². The fourth-order valence-corrected chi connectivity index (χ4v) is 6.83. The number of rotatable bonds is 6. The molecule has 0 bridgehead atoms. The Morgan fingerprint density at radius 3 is 1.27 bits per heavy atom. The second kappa shape index (κ2) is 8.97. The molecule has 0 amide bonds. The fraction of sp³-hybridized carbons (Fsp3) is 0.667. The highest BCUT2D eigenvalue weighted by Gasteiger charge is 2.36. The third-order valence-corrected chi connectivity index (χ3v) is 9.45. The normalized spacial score (nSPS) is 20.9. The molecule has 2 aliphatic heterocycles. The van der Waals surface area contributed by atoms with E-state index in [9.17, 15) is 16.8 Å². The Morgan fingerprint density at radius 2 is 0.967 bits per heavy atom. The van der Waals surface area contributed by atoms with E-state index in [0.29, 0.717) is 52.4 Å². The summed E-state index contributed by atoms with van der Waals surface area (Å²) < 4.78 is 66.7. The Kier molecular flexibility index (Phi) is 6.94. The average Bonchev–Trinajstić information content (AvgIpc) is 2.73. The highest BCUT2D eigenvalue weighted by atomic mass is 32.2. The van der Waals surface area contributed by atoms with Gasteiger partial charge in [0.25, 0.3) is 0 Å². The predicted octanol–water partition coefficient (Wildman–Crippen LogP) is -0.424. The predicted molar refractivity (Wildman–Crippen MR) is 112 cm³/mol. The maximum absolute atomic E-state index is 13.3. The molecule has 0 aromatic heterocycles. The number of methoxy groups -OCH3 is 2. The van der Waals surface area contributed by atoms with Gasteiger partial charge in [0.2, 0.25) is 20.0 Å². The molecule has 30 heavy (non-hydrogen) atoms. The lowest BCUT2D eigenvalue weighted by molar-refractivity contribution is 0.221. The minimum Gasteiger partial charge on any atom is -0.495 e. The van der Waals surface area contributed by atoms with Crippen molar-refractivity contribution in [2.45, 2.75) is 9.79 Å². The molecule has 170 valence electrons. The van der Waals surface area contributed by atoms with Gasteiger partial charge in [0.05, 0.1) is 14.2 Å². The van der Waals surface area contributed by atoms with Crippen LogP contribution in [0.2, 0.25) is 0 Å². The standard InChI is InChI=1S/C18H30N4O6S2/c1-19-5-9-21(10-6-19)29(23,24)17-14-18(16(28-4)13-15(17)27-3)30(25,26)22-11-7-20(2)8-12-22/h13-14H,5-12H2,1-4H3. The monoisotopic (exact) mass is 462 g/mol. The number of likely N-dealkylation sites (N-methyl/N-ethyl adjacent to an activating group) is 2. The highest BCUT2D eigenvalue weighted by molar-refractivity contribution is 7.90. The number of sulfonamides is 2. The summed E-state index contributed by atoms with van der Waals surface area (Å²) in [5, 5.41) is 0. The number of hydrogen-bond acceptors (Lipinski definition) is 8. The average molecular weight is 463 g/mol. The van der Waals surface area contributed by atoms with Crippen molar-refractivity contribution in [3.63, 3.8) is 0 Å². The first-order valence-corrected chi connectivity index (χ1v) is 12.6. The molecule has 1 aromatic carbocycles. The van der Waals surface area contributed by atoms with Gasteiger partial charge in [-0.05, 0) is 20.2 Å². The van der Waals surface area contributed by atoms with Gasteiger partial charge in [0, 0.05) is 58.4 Å². The molecule has 1 aromatic rings. The van der Waals surface area contributed by atoms with Crippen molar-refractivity contribution >= 4 is 20.0 Å². The van der Waals surface area contributed by atoms with Crippen LogP contribution < -0.4 is 9.47 Å². The van der Waals surface area contributed by atoms with E-state index >= 15 is 0 Å². The molecule has 0 spiro atoms. The summed E-state index contributed by atoms with van der Waals surface area (Å²) in [6.07, 6.45) is 0. The molecule has 0 aliphatic carbocycles. The lowest BCUT2D eigenvalue weighted by Crippen LogP contribution is -2.47. The van der Waals surface area contributed by atoms with Crippen molar-refractivity contribution < 1.29 is 26.3 Å². The molecule has 0 unspecified atom stereocenters. The van der Waals surface area contributed by atoms with E-state index < -0.39 is 20.0 Å². The molecule has 2 fully saturated rings. The third-order valence-electron chi connectivity index (χ3n) is 5.61. The number of hydrogen-bond donors (Lipinski definition) is 0. The summed E-state index contributed by atoms with van der Waals surface area (Å²) in [7, 11) is -1.32. The van der Waals surface area contributed by atoms with Crippen molar-refractivity contribution in [1.82, 2.24) is 18.4 Å². The maximum Gasteiger partial charge on any atom is 0.246 e. The minimum atomic E-state index is -3.94. The molecule has 10 nitrogen and oxygen atoms in total. The molecular weight excluding hydrogens is 432 g/mol. The van der Waals surface area contributed by atoms with E-state index in [1.54, 1.807) is 0 Å². The zero-order chi connectivity index (χ0) is 22.1. The van der Waals surface area contributed by atoms with Crippen LogP contribution in [0.25, 0.3) is 0 Å². The Hall–Kier alpha value is -1.44. The second-order valence-corrected chi connectivity index (χ2v) is 11.4. The summed E-state index contributed by atoms with van der Waals surface area (Å²) in [6.45, 7) is 3.72. The molecule has 2 aliphatic rings. The topological polar surface area (TPSA) is 99.7 Å². The summed E-state index contributed by atoms with van der Waals surface area (Å²) in [6, 6.07) is 2.52. The number of piperazine rings is 2. The van der Waals surface area contributed by atoms with Gasteiger partial charge < -0.3 is 19.3 Å². The van der Waals surface area contributed by atoms with Gasteiger partial charge in [-0.15, -0.1) is 0 Å². The van der Waals surface area contributed by atoms with Crippen LogP contribution in [-0.2, 0) is 20.0 Å². The van der Waals surface area contributed by atoms with Crippen LogP contribution in [-0.4, -0.2) is 116 Å². The quantitative estimate of drug-likeness (QED) is 0.562. The smallest absolute Gasteiger partial charge is 0.246 e. The van der Waals surface area contributed by atoms with Gasteiger partial charge in [-0.3, -0.25) is 0 Å². The van der Waals surface area contributed by atoms with Crippen LogP contribution >= 0.6 is 0 Å².